The van der Waals surface area contributed by atoms with Gasteiger partial charge in [0.05, 0.1) is 0 Å². The molecule has 104 valence electrons. The quantitative estimate of drug-likeness (QED) is 0.671. The monoisotopic (exact) mass is 270 g/mol. The van der Waals surface area contributed by atoms with Crippen molar-refractivity contribution in [2.45, 2.75) is 26.2 Å². The average molecular weight is 270 g/mol. The van der Waals surface area contributed by atoms with Gasteiger partial charge >= 0.3 is 5.97 Å². The minimum absolute atomic E-state index is 0.0574. The number of ether oxygens (including phenoxy) is 1. The Morgan fingerprint density at radius 3 is 2.55 bits per heavy atom. The second-order valence-corrected chi connectivity index (χ2v) is 4.79. The average Bonchev–Trinajstić information content (AvgIpc) is 2.48. The van der Waals surface area contributed by atoms with Gasteiger partial charge in [-0.1, -0.05) is 38.1 Å². The van der Waals surface area contributed by atoms with Gasteiger partial charge in [0, 0.05) is 0 Å². The largest absolute Gasteiger partial charge is 0.507 e. The Balaban J connectivity index is 2.25. The molecular weight excluding hydrogens is 252 g/mol. The van der Waals surface area contributed by atoms with E-state index < -0.39 is 5.97 Å². The van der Waals surface area contributed by atoms with Gasteiger partial charge in [-0.25, -0.2) is 4.79 Å². The van der Waals surface area contributed by atoms with Crippen LogP contribution in [0.15, 0.2) is 48.5 Å². The van der Waals surface area contributed by atoms with Crippen molar-refractivity contribution in [3.63, 3.8) is 0 Å². The van der Waals surface area contributed by atoms with E-state index in [2.05, 4.69) is 13.8 Å². The SMILES string of the molecule is CCC(C)c1ccc(O)c(C(=O)Oc2ccccc2)c1. The predicted molar refractivity (Wildman–Crippen MR) is 78.2 cm³/mol. The van der Waals surface area contributed by atoms with Crippen LogP contribution >= 0.6 is 0 Å². The number of hydrogen-bond donors (Lipinski definition) is 1. The Hall–Kier alpha value is -2.29. The molecule has 0 saturated carbocycles. The van der Waals surface area contributed by atoms with Gasteiger partial charge in [0.25, 0.3) is 0 Å². The summed E-state index contributed by atoms with van der Waals surface area (Å²) in [7, 11) is 0. The number of rotatable bonds is 4. The lowest BCUT2D eigenvalue weighted by molar-refractivity contribution is 0.0731. The molecule has 1 atom stereocenters. The smallest absolute Gasteiger partial charge is 0.347 e. The Labute approximate surface area is 118 Å². The summed E-state index contributed by atoms with van der Waals surface area (Å²) in [5.74, 6) is 0.196. The first-order chi connectivity index (χ1) is 9.61. The lowest BCUT2D eigenvalue weighted by Gasteiger charge is -2.12. The van der Waals surface area contributed by atoms with E-state index >= 15 is 0 Å². The van der Waals surface area contributed by atoms with Gasteiger partial charge in [-0.05, 0) is 42.2 Å². The molecule has 0 spiro atoms. The molecule has 0 aliphatic carbocycles. The van der Waals surface area contributed by atoms with Crippen LogP contribution in [0.5, 0.6) is 11.5 Å². The zero-order valence-electron chi connectivity index (χ0n) is 11.7. The third-order valence-electron chi connectivity index (χ3n) is 3.38. The van der Waals surface area contributed by atoms with Crippen LogP contribution in [0.2, 0.25) is 0 Å². The Morgan fingerprint density at radius 1 is 1.20 bits per heavy atom. The molecule has 0 aliphatic heterocycles. The summed E-state index contributed by atoms with van der Waals surface area (Å²) in [5, 5.41) is 9.84. The van der Waals surface area contributed by atoms with Crippen molar-refractivity contribution in [2.75, 3.05) is 0 Å². The van der Waals surface area contributed by atoms with E-state index in [9.17, 15) is 9.90 Å². The third kappa shape index (κ3) is 3.18. The van der Waals surface area contributed by atoms with Gasteiger partial charge in [-0.2, -0.15) is 0 Å². The zero-order chi connectivity index (χ0) is 14.5. The van der Waals surface area contributed by atoms with E-state index in [1.54, 1.807) is 36.4 Å². The van der Waals surface area contributed by atoms with E-state index in [0.717, 1.165) is 12.0 Å². The zero-order valence-corrected chi connectivity index (χ0v) is 11.7. The van der Waals surface area contributed by atoms with Crippen molar-refractivity contribution in [2.24, 2.45) is 0 Å². The maximum atomic E-state index is 12.1. The normalized spacial score (nSPS) is 11.9. The number of carbonyl (C=O) groups is 1. The molecule has 1 unspecified atom stereocenters. The summed E-state index contributed by atoms with van der Waals surface area (Å²) >= 11 is 0. The van der Waals surface area contributed by atoms with Crippen LogP contribution < -0.4 is 4.74 Å². The van der Waals surface area contributed by atoms with Gasteiger partial charge < -0.3 is 9.84 Å². The van der Waals surface area contributed by atoms with Crippen LogP contribution in [0.4, 0.5) is 0 Å². The van der Waals surface area contributed by atoms with Gasteiger partial charge in [0.15, 0.2) is 0 Å². The molecule has 2 aromatic rings. The van der Waals surface area contributed by atoms with Gasteiger partial charge in [-0.15, -0.1) is 0 Å². The first-order valence-electron chi connectivity index (χ1n) is 6.72. The highest BCUT2D eigenvalue weighted by molar-refractivity contribution is 5.94. The first kappa shape index (κ1) is 14.1. The lowest BCUT2D eigenvalue weighted by atomic mass is 9.96. The second kappa shape index (κ2) is 6.24. The molecule has 0 aromatic heterocycles. The van der Waals surface area contributed by atoms with Crippen LogP contribution in [0.3, 0.4) is 0 Å². The highest BCUT2D eigenvalue weighted by Crippen LogP contribution is 2.26. The van der Waals surface area contributed by atoms with Gasteiger partial charge in [0.2, 0.25) is 0 Å². The van der Waals surface area contributed by atoms with Crippen molar-refractivity contribution < 1.29 is 14.6 Å². The molecule has 0 bridgehead atoms. The topological polar surface area (TPSA) is 46.5 Å². The second-order valence-electron chi connectivity index (χ2n) is 4.79. The fraction of sp³-hybridized carbons (Fsp3) is 0.235. The molecule has 20 heavy (non-hydrogen) atoms. The highest BCUT2D eigenvalue weighted by Gasteiger charge is 2.16. The molecule has 2 aromatic carbocycles. The fourth-order valence-corrected chi connectivity index (χ4v) is 1.91. The maximum absolute atomic E-state index is 12.1. The molecule has 3 heteroatoms. The molecule has 2 rings (SSSR count). The van der Waals surface area contributed by atoms with Crippen molar-refractivity contribution in [3.8, 4) is 11.5 Å². The van der Waals surface area contributed by atoms with Gasteiger partial charge in [-0.3, -0.25) is 0 Å². The Kier molecular flexibility index (Phi) is 4.41. The molecule has 0 saturated heterocycles. The first-order valence-corrected chi connectivity index (χ1v) is 6.72. The minimum Gasteiger partial charge on any atom is -0.507 e. The van der Waals surface area contributed by atoms with Gasteiger partial charge in [0.1, 0.15) is 17.1 Å². The fourth-order valence-electron chi connectivity index (χ4n) is 1.91. The summed E-state index contributed by atoms with van der Waals surface area (Å²) in [4.78, 5) is 12.1. The number of para-hydroxylation sites is 1. The van der Waals surface area contributed by atoms with E-state index in [-0.39, 0.29) is 11.3 Å². The molecule has 1 N–H and O–H groups in total. The Bertz CT molecular complexity index is 590. The summed E-state index contributed by atoms with van der Waals surface area (Å²) in [6, 6.07) is 13.9. The molecule has 0 amide bonds. The molecule has 0 heterocycles. The Morgan fingerprint density at radius 2 is 1.90 bits per heavy atom. The molecule has 3 nitrogen and oxygen atoms in total. The van der Waals surface area contributed by atoms with Crippen LogP contribution in [0, 0.1) is 0 Å². The highest BCUT2D eigenvalue weighted by atomic mass is 16.5. The predicted octanol–water partition coefficient (Wildman–Crippen LogP) is 4.12. The van der Waals surface area contributed by atoms with E-state index in [1.807, 2.05) is 12.1 Å². The number of carbonyl (C=O) groups excluding carboxylic acids is 1. The molecule has 0 radical (unpaired) electrons. The van der Waals surface area contributed by atoms with E-state index in [0.29, 0.717) is 11.7 Å². The standard InChI is InChI=1S/C17H18O3/c1-3-12(2)13-9-10-16(18)15(11-13)17(19)20-14-7-5-4-6-8-14/h4-12,18H,3H2,1-2H3. The maximum Gasteiger partial charge on any atom is 0.347 e. The summed E-state index contributed by atoms with van der Waals surface area (Å²) in [6.07, 6.45) is 0.970. The molecule has 0 aliphatic rings. The number of benzene rings is 2. The van der Waals surface area contributed by atoms with Crippen LogP contribution in [0.1, 0.15) is 42.1 Å². The number of esters is 1. The number of aromatic hydroxyl groups is 1. The van der Waals surface area contributed by atoms with Crippen LogP contribution in [-0.4, -0.2) is 11.1 Å². The number of phenolic OH excluding ortho intramolecular Hbond substituents is 1. The van der Waals surface area contributed by atoms with E-state index in [1.165, 1.54) is 0 Å². The van der Waals surface area contributed by atoms with Crippen molar-refractivity contribution in [1.82, 2.24) is 0 Å². The minimum atomic E-state index is -0.543. The van der Waals surface area contributed by atoms with Crippen LogP contribution in [0.25, 0.3) is 0 Å². The van der Waals surface area contributed by atoms with Crippen LogP contribution in [-0.2, 0) is 0 Å². The molecular formula is C17H18O3. The van der Waals surface area contributed by atoms with E-state index in [4.69, 9.17) is 4.74 Å². The summed E-state index contributed by atoms with van der Waals surface area (Å²) in [5.41, 5.74) is 1.22. The molecule has 0 fully saturated rings. The van der Waals surface area contributed by atoms with Crippen molar-refractivity contribution >= 4 is 5.97 Å². The van der Waals surface area contributed by atoms with Crippen molar-refractivity contribution in [1.29, 1.82) is 0 Å². The van der Waals surface area contributed by atoms with Crippen molar-refractivity contribution in [3.05, 3.63) is 59.7 Å². The summed E-state index contributed by atoms with van der Waals surface area (Å²) < 4.78 is 5.25. The number of phenols is 1. The lowest BCUT2D eigenvalue weighted by Crippen LogP contribution is -2.09. The third-order valence-corrected chi connectivity index (χ3v) is 3.38. The summed E-state index contributed by atoms with van der Waals surface area (Å²) in [6.45, 7) is 4.16. The number of hydrogen-bond acceptors (Lipinski definition) is 3.